The van der Waals surface area contributed by atoms with Crippen LogP contribution in [0.15, 0.2) is 12.1 Å². The zero-order valence-corrected chi connectivity index (χ0v) is 12.9. The van der Waals surface area contributed by atoms with Crippen LogP contribution in [0, 0.1) is 5.82 Å². The molecule has 0 atom stereocenters. The maximum absolute atomic E-state index is 14.2. The van der Waals surface area contributed by atoms with E-state index in [2.05, 4.69) is 10.6 Å². The summed E-state index contributed by atoms with van der Waals surface area (Å²) in [5.41, 5.74) is 6.75. The van der Waals surface area contributed by atoms with E-state index in [1.165, 1.54) is 0 Å². The molecule has 0 saturated heterocycles. The van der Waals surface area contributed by atoms with E-state index in [1.54, 1.807) is 6.07 Å². The molecule has 1 aliphatic rings. The van der Waals surface area contributed by atoms with Crippen LogP contribution in [0.2, 0.25) is 0 Å². The van der Waals surface area contributed by atoms with Crippen molar-refractivity contribution in [2.75, 3.05) is 23.4 Å². The fourth-order valence-electron chi connectivity index (χ4n) is 2.06. The minimum absolute atomic E-state index is 0. The lowest BCUT2D eigenvalue weighted by molar-refractivity contribution is -0.115. The van der Waals surface area contributed by atoms with Crippen molar-refractivity contribution < 1.29 is 14.0 Å². The maximum atomic E-state index is 14.2. The van der Waals surface area contributed by atoms with Gasteiger partial charge in [-0.2, -0.15) is 0 Å². The molecule has 2 amide bonds. The van der Waals surface area contributed by atoms with Crippen LogP contribution in [0.4, 0.5) is 10.1 Å². The number of fused-ring (bicyclic) bond motifs is 1. The van der Waals surface area contributed by atoms with Gasteiger partial charge in [0.05, 0.1) is 17.2 Å². The SMILES string of the molecule is Cl.NC(=O)CSCC(=O)Nc1ccc2c(c1F)CCNC2. The van der Waals surface area contributed by atoms with Crippen LogP contribution in [0.25, 0.3) is 0 Å². The molecular weight excluding hydrogens is 317 g/mol. The molecule has 0 aliphatic carbocycles. The first-order valence-electron chi connectivity index (χ1n) is 6.25. The number of benzene rings is 1. The van der Waals surface area contributed by atoms with E-state index in [1.807, 2.05) is 6.07 Å². The summed E-state index contributed by atoms with van der Waals surface area (Å²) in [5.74, 6) is -1.04. The van der Waals surface area contributed by atoms with Crippen molar-refractivity contribution in [2.24, 2.45) is 5.73 Å². The Morgan fingerprint density at radius 3 is 2.86 bits per heavy atom. The van der Waals surface area contributed by atoms with E-state index in [0.29, 0.717) is 18.5 Å². The fourth-order valence-corrected chi connectivity index (χ4v) is 2.62. The van der Waals surface area contributed by atoms with Crippen LogP contribution in [0.3, 0.4) is 0 Å². The highest BCUT2D eigenvalue weighted by atomic mass is 35.5. The quantitative estimate of drug-likeness (QED) is 0.752. The van der Waals surface area contributed by atoms with E-state index < -0.39 is 5.91 Å². The number of halogens is 2. The monoisotopic (exact) mass is 333 g/mol. The Labute approximate surface area is 132 Å². The number of hydrogen-bond acceptors (Lipinski definition) is 4. The molecule has 0 aromatic heterocycles. The molecule has 0 fully saturated rings. The molecular formula is C13H17ClFN3O2S. The molecule has 0 spiro atoms. The molecule has 1 aliphatic heterocycles. The molecule has 0 unspecified atom stereocenters. The molecule has 2 rings (SSSR count). The summed E-state index contributed by atoms with van der Waals surface area (Å²) in [5, 5.41) is 5.69. The Hall–Kier alpha value is -1.31. The predicted molar refractivity (Wildman–Crippen MR) is 84.2 cm³/mol. The second-order valence-electron chi connectivity index (χ2n) is 4.50. The Balaban J connectivity index is 0.00000220. The summed E-state index contributed by atoms with van der Waals surface area (Å²) in [6.45, 7) is 1.38. The summed E-state index contributed by atoms with van der Waals surface area (Å²) in [4.78, 5) is 22.2. The van der Waals surface area contributed by atoms with E-state index in [0.717, 1.165) is 23.9 Å². The Morgan fingerprint density at radius 1 is 1.38 bits per heavy atom. The first-order chi connectivity index (χ1) is 9.58. The molecule has 5 nitrogen and oxygen atoms in total. The minimum Gasteiger partial charge on any atom is -0.369 e. The van der Waals surface area contributed by atoms with Gasteiger partial charge in [0.1, 0.15) is 5.82 Å². The third-order valence-corrected chi connectivity index (χ3v) is 3.91. The lowest BCUT2D eigenvalue weighted by Gasteiger charge is -2.19. The summed E-state index contributed by atoms with van der Waals surface area (Å²) in [7, 11) is 0. The third kappa shape index (κ3) is 4.87. The van der Waals surface area contributed by atoms with E-state index in [4.69, 9.17) is 5.73 Å². The molecule has 0 radical (unpaired) electrons. The van der Waals surface area contributed by atoms with Crippen molar-refractivity contribution in [1.29, 1.82) is 0 Å². The van der Waals surface area contributed by atoms with Gasteiger partial charge in [0.25, 0.3) is 0 Å². The van der Waals surface area contributed by atoms with Crippen molar-refractivity contribution >= 4 is 41.7 Å². The van der Waals surface area contributed by atoms with Gasteiger partial charge in [-0.25, -0.2) is 4.39 Å². The number of carbonyl (C=O) groups excluding carboxylic acids is 2. The number of anilines is 1. The second-order valence-corrected chi connectivity index (χ2v) is 5.48. The Kier molecular flexibility index (Phi) is 6.94. The number of thioether (sulfide) groups is 1. The second kappa shape index (κ2) is 8.21. The predicted octanol–water partition coefficient (Wildman–Crippen LogP) is 1.05. The zero-order chi connectivity index (χ0) is 14.5. The Bertz CT molecular complexity index is 542. The van der Waals surface area contributed by atoms with Gasteiger partial charge in [-0.05, 0) is 30.2 Å². The highest BCUT2D eigenvalue weighted by molar-refractivity contribution is 8.00. The number of nitrogens with one attached hydrogen (secondary N) is 2. The number of primary amides is 1. The van der Waals surface area contributed by atoms with Crippen molar-refractivity contribution in [3.05, 3.63) is 29.1 Å². The summed E-state index contributed by atoms with van der Waals surface area (Å²) < 4.78 is 14.2. The highest BCUT2D eigenvalue weighted by Crippen LogP contribution is 2.24. The van der Waals surface area contributed by atoms with Crippen LogP contribution < -0.4 is 16.4 Å². The number of rotatable bonds is 5. The minimum atomic E-state index is -0.477. The van der Waals surface area contributed by atoms with E-state index >= 15 is 0 Å². The third-order valence-electron chi connectivity index (χ3n) is 2.96. The van der Waals surface area contributed by atoms with Gasteiger partial charge < -0.3 is 16.4 Å². The van der Waals surface area contributed by atoms with Crippen molar-refractivity contribution in [1.82, 2.24) is 5.32 Å². The van der Waals surface area contributed by atoms with Crippen LogP contribution >= 0.6 is 24.2 Å². The van der Waals surface area contributed by atoms with Crippen molar-refractivity contribution in [3.63, 3.8) is 0 Å². The van der Waals surface area contributed by atoms with Gasteiger partial charge >= 0.3 is 0 Å². The van der Waals surface area contributed by atoms with Gasteiger partial charge in [0.15, 0.2) is 0 Å². The van der Waals surface area contributed by atoms with Crippen LogP contribution in [-0.4, -0.2) is 29.9 Å². The fraction of sp³-hybridized carbons (Fsp3) is 0.385. The van der Waals surface area contributed by atoms with Crippen LogP contribution in [-0.2, 0) is 22.6 Å². The zero-order valence-electron chi connectivity index (χ0n) is 11.3. The van der Waals surface area contributed by atoms with Gasteiger partial charge in [-0.3, -0.25) is 9.59 Å². The summed E-state index contributed by atoms with van der Waals surface area (Å²) in [6.07, 6.45) is 0.612. The first-order valence-corrected chi connectivity index (χ1v) is 7.40. The van der Waals surface area contributed by atoms with Crippen molar-refractivity contribution in [3.8, 4) is 0 Å². The topological polar surface area (TPSA) is 84.2 Å². The molecule has 4 N–H and O–H groups in total. The molecule has 1 aromatic rings. The number of amides is 2. The maximum Gasteiger partial charge on any atom is 0.234 e. The summed E-state index contributed by atoms with van der Waals surface area (Å²) in [6, 6.07) is 3.38. The number of hydrogen-bond donors (Lipinski definition) is 3. The largest absolute Gasteiger partial charge is 0.369 e. The van der Waals surface area contributed by atoms with E-state index in [-0.39, 0.29) is 41.3 Å². The van der Waals surface area contributed by atoms with Gasteiger partial charge in [-0.15, -0.1) is 24.2 Å². The average molecular weight is 334 g/mol. The van der Waals surface area contributed by atoms with Crippen molar-refractivity contribution in [2.45, 2.75) is 13.0 Å². The number of nitrogens with two attached hydrogens (primary N) is 1. The molecule has 8 heteroatoms. The standard InChI is InChI=1S/C13H16FN3O2S.ClH/c14-13-9-3-4-16-5-8(9)1-2-10(13)17-12(19)7-20-6-11(15)18;/h1-2,16H,3-7H2,(H2,15,18)(H,17,19);1H. The van der Waals surface area contributed by atoms with Crippen LogP contribution in [0.1, 0.15) is 11.1 Å². The average Bonchev–Trinajstić information content (AvgIpc) is 2.42. The first kappa shape index (κ1) is 17.7. The molecule has 116 valence electrons. The lowest BCUT2D eigenvalue weighted by Crippen LogP contribution is -2.25. The van der Waals surface area contributed by atoms with Crippen LogP contribution in [0.5, 0.6) is 0 Å². The number of carbonyl (C=O) groups is 2. The molecule has 1 aromatic carbocycles. The van der Waals surface area contributed by atoms with Gasteiger partial charge in [-0.1, -0.05) is 6.07 Å². The normalized spacial score (nSPS) is 13.0. The Morgan fingerprint density at radius 2 is 2.14 bits per heavy atom. The van der Waals surface area contributed by atoms with Gasteiger partial charge in [0, 0.05) is 6.54 Å². The smallest absolute Gasteiger partial charge is 0.234 e. The molecule has 21 heavy (non-hydrogen) atoms. The lowest BCUT2D eigenvalue weighted by atomic mass is 9.99. The highest BCUT2D eigenvalue weighted by Gasteiger charge is 2.17. The molecule has 0 saturated carbocycles. The molecule has 1 heterocycles. The van der Waals surface area contributed by atoms with Gasteiger partial charge in [0.2, 0.25) is 11.8 Å². The molecule has 0 bridgehead atoms. The van der Waals surface area contributed by atoms with E-state index in [9.17, 15) is 14.0 Å². The summed E-state index contributed by atoms with van der Waals surface area (Å²) >= 11 is 1.10.